The minimum atomic E-state index is -0.518. The number of nitrogens with zero attached hydrogens (tertiary/aromatic N) is 1. The van der Waals surface area contributed by atoms with Crippen LogP contribution >= 0.6 is 11.6 Å². The summed E-state index contributed by atoms with van der Waals surface area (Å²) in [7, 11) is 0. The summed E-state index contributed by atoms with van der Waals surface area (Å²) in [6.07, 6.45) is 0. The highest BCUT2D eigenvalue weighted by molar-refractivity contribution is 6.31. The maximum Gasteiger partial charge on any atom is 0.176 e. The normalized spacial score (nSPS) is 11.4. The molecule has 0 spiro atoms. The van der Waals surface area contributed by atoms with Crippen LogP contribution < -0.4 is 5.32 Å². The Bertz CT molecular complexity index is 1090. The number of allylic oxidation sites excluding steroid dienone is 1. The molecule has 0 bridgehead atoms. The molecule has 0 unspecified atom stereocenters. The Morgan fingerprint density at radius 3 is 2.47 bits per heavy atom. The van der Waals surface area contributed by atoms with Crippen LogP contribution in [-0.2, 0) is 5.54 Å². The van der Waals surface area contributed by atoms with Gasteiger partial charge in [0.1, 0.15) is 5.82 Å². The van der Waals surface area contributed by atoms with Crippen LogP contribution in [0.2, 0.25) is 5.02 Å². The first-order valence-corrected chi connectivity index (χ1v) is 10.0. The molecule has 0 amide bonds. The summed E-state index contributed by atoms with van der Waals surface area (Å²) in [4.78, 5) is 17.2. The second-order valence-electron chi connectivity index (χ2n) is 7.80. The molecule has 5 heteroatoms. The maximum atomic E-state index is 13.6. The number of aromatic nitrogens is 1. The van der Waals surface area contributed by atoms with Crippen molar-refractivity contribution < 1.29 is 9.18 Å². The van der Waals surface area contributed by atoms with E-state index in [1.807, 2.05) is 51.1 Å². The molecule has 0 aliphatic carbocycles. The lowest BCUT2D eigenvalue weighted by Crippen LogP contribution is -2.40. The Morgan fingerprint density at radius 1 is 1.13 bits per heavy atom. The first-order chi connectivity index (χ1) is 14.2. The van der Waals surface area contributed by atoms with Gasteiger partial charge in [-0.2, -0.15) is 0 Å². The average Bonchev–Trinajstić information content (AvgIpc) is 2.74. The van der Waals surface area contributed by atoms with Gasteiger partial charge in [-0.25, -0.2) is 9.37 Å². The number of carbonyl (C=O) groups excluding carboxylic acids is 1. The van der Waals surface area contributed by atoms with Crippen LogP contribution in [-0.4, -0.2) is 17.3 Å². The number of nitrogens with one attached hydrogen (secondary N) is 1. The maximum absolute atomic E-state index is 13.6. The van der Waals surface area contributed by atoms with Crippen LogP contribution in [0.1, 0.15) is 42.4 Å². The van der Waals surface area contributed by atoms with Gasteiger partial charge >= 0.3 is 0 Å². The first-order valence-electron chi connectivity index (χ1n) is 9.64. The third-order valence-electron chi connectivity index (χ3n) is 4.99. The number of halogens is 2. The van der Waals surface area contributed by atoms with Crippen LogP contribution in [0.15, 0.2) is 67.2 Å². The Hall–Kier alpha value is -2.82. The smallest absolute Gasteiger partial charge is 0.176 e. The van der Waals surface area contributed by atoms with Gasteiger partial charge in [-0.3, -0.25) is 4.79 Å². The number of pyridine rings is 1. The van der Waals surface area contributed by atoms with E-state index >= 15 is 0 Å². The molecule has 0 saturated carbocycles. The summed E-state index contributed by atoms with van der Waals surface area (Å²) in [5.74, 6) is -0.457. The first kappa shape index (κ1) is 21.9. The number of carbonyl (C=O) groups is 1. The van der Waals surface area contributed by atoms with E-state index in [2.05, 4.69) is 16.9 Å². The van der Waals surface area contributed by atoms with E-state index in [-0.39, 0.29) is 17.4 Å². The second kappa shape index (κ2) is 8.90. The van der Waals surface area contributed by atoms with Crippen molar-refractivity contribution >= 4 is 23.0 Å². The molecular weight excluding hydrogens is 399 g/mol. The molecule has 30 heavy (non-hydrogen) atoms. The van der Waals surface area contributed by atoms with E-state index in [1.54, 1.807) is 24.3 Å². The molecule has 0 aliphatic rings. The van der Waals surface area contributed by atoms with Gasteiger partial charge in [0.25, 0.3) is 0 Å². The molecule has 0 saturated heterocycles. The van der Waals surface area contributed by atoms with Crippen LogP contribution in [0.25, 0.3) is 16.8 Å². The summed E-state index contributed by atoms with van der Waals surface area (Å²) in [5.41, 5.74) is 4.00. The van der Waals surface area contributed by atoms with Gasteiger partial charge in [0.05, 0.1) is 23.0 Å². The second-order valence-corrected chi connectivity index (χ2v) is 8.21. The Morgan fingerprint density at radius 2 is 1.83 bits per heavy atom. The summed E-state index contributed by atoms with van der Waals surface area (Å²) >= 11 is 5.97. The number of ketones is 1. The fourth-order valence-electron chi connectivity index (χ4n) is 3.04. The van der Waals surface area contributed by atoms with Crippen molar-refractivity contribution in [3.63, 3.8) is 0 Å². The summed E-state index contributed by atoms with van der Waals surface area (Å²) in [5, 5.41) is 3.39. The zero-order valence-electron chi connectivity index (χ0n) is 17.3. The number of benzene rings is 2. The van der Waals surface area contributed by atoms with Crippen molar-refractivity contribution in [2.45, 2.75) is 26.3 Å². The Kier molecular flexibility index (Phi) is 6.49. The number of Topliss-reactive ketones (excluding diaryl/α,β-unsaturated/α-hetero) is 1. The minimum Gasteiger partial charge on any atom is -0.301 e. The van der Waals surface area contributed by atoms with E-state index < -0.39 is 11.4 Å². The summed E-state index contributed by atoms with van der Waals surface area (Å²) < 4.78 is 13.6. The van der Waals surface area contributed by atoms with Crippen LogP contribution in [0.3, 0.4) is 0 Å². The third-order valence-corrected chi connectivity index (χ3v) is 5.28. The predicted octanol–water partition coefficient (Wildman–Crippen LogP) is 6.28. The molecule has 0 aliphatic heterocycles. The molecule has 1 heterocycles. The molecular formula is C25H24ClFN2O. The molecule has 3 aromatic rings. The fraction of sp³-hybridized carbons (Fsp3) is 0.200. The van der Waals surface area contributed by atoms with Gasteiger partial charge in [-0.1, -0.05) is 48.5 Å². The standard InChI is InChI=1S/C25H24ClFN2O/c1-16(2)22-13-19(14-23(29-22)18-10-11-21(27)20(26)12-18)25(3,4)28-15-24(30)17-8-6-5-7-9-17/h5-14,28H,1,15H2,2-4H3. The lowest BCUT2D eigenvalue weighted by Gasteiger charge is -2.28. The van der Waals surface area contributed by atoms with Crippen molar-refractivity contribution in [2.75, 3.05) is 6.54 Å². The highest BCUT2D eigenvalue weighted by Gasteiger charge is 2.23. The summed E-state index contributed by atoms with van der Waals surface area (Å²) in [6.45, 7) is 10.1. The van der Waals surface area contributed by atoms with Gasteiger partial charge in [0.15, 0.2) is 5.78 Å². The monoisotopic (exact) mass is 422 g/mol. The SMILES string of the molecule is C=C(C)c1cc(C(C)(C)NCC(=O)c2ccccc2)cc(-c2ccc(F)c(Cl)c2)n1. The molecule has 2 aromatic carbocycles. The van der Waals surface area contributed by atoms with E-state index in [1.165, 1.54) is 6.07 Å². The molecule has 1 N–H and O–H groups in total. The molecule has 0 fully saturated rings. The third kappa shape index (κ3) is 5.02. The van der Waals surface area contributed by atoms with Crippen LogP contribution in [0, 0.1) is 5.82 Å². The Labute approximate surface area is 181 Å². The fourth-order valence-corrected chi connectivity index (χ4v) is 3.22. The van der Waals surface area contributed by atoms with Crippen molar-refractivity contribution in [2.24, 2.45) is 0 Å². The highest BCUT2D eigenvalue weighted by Crippen LogP contribution is 2.30. The molecule has 3 nitrogen and oxygen atoms in total. The molecule has 154 valence electrons. The number of hydrogen-bond donors (Lipinski definition) is 1. The molecule has 1 aromatic heterocycles. The van der Waals surface area contributed by atoms with E-state index in [4.69, 9.17) is 11.6 Å². The van der Waals surface area contributed by atoms with Gasteiger partial charge in [-0.05, 0) is 62.2 Å². The lowest BCUT2D eigenvalue weighted by molar-refractivity contribution is 0.0980. The van der Waals surface area contributed by atoms with E-state index in [0.29, 0.717) is 16.8 Å². The van der Waals surface area contributed by atoms with Crippen molar-refractivity contribution in [3.05, 3.63) is 94.9 Å². The van der Waals surface area contributed by atoms with Crippen molar-refractivity contribution in [3.8, 4) is 11.3 Å². The van der Waals surface area contributed by atoms with E-state index in [0.717, 1.165) is 16.8 Å². The molecule has 3 rings (SSSR count). The molecule has 0 radical (unpaired) electrons. The Balaban J connectivity index is 1.92. The molecule has 0 atom stereocenters. The minimum absolute atomic E-state index is 0.0170. The van der Waals surface area contributed by atoms with Gasteiger partial charge in [0, 0.05) is 16.7 Å². The quantitative estimate of drug-likeness (QED) is 0.455. The summed E-state index contributed by atoms with van der Waals surface area (Å²) in [6, 6.07) is 17.6. The van der Waals surface area contributed by atoms with Gasteiger partial charge < -0.3 is 5.32 Å². The zero-order chi connectivity index (χ0) is 21.9. The van der Waals surface area contributed by atoms with Gasteiger partial charge in [-0.15, -0.1) is 0 Å². The van der Waals surface area contributed by atoms with Gasteiger partial charge in [0.2, 0.25) is 0 Å². The average molecular weight is 423 g/mol. The predicted molar refractivity (Wildman–Crippen MR) is 121 cm³/mol. The largest absolute Gasteiger partial charge is 0.301 e. The number of rotatable bonds is 7. The van der Waals surface area contributed by atoms with Crippen molar-refractivity contribution in [1.29, 1.82) is 0 Å². The zero-order valence-corrected chi connectivity index (χ0v) is 18.1. The lowest BCUT2D eigenvalue weighted by atomic mass is 9.91. The topological polar surface area (TPSA) is 42.0 Å². The van der Waals surface area contributed by atoms with Crippen LogP contribution in [0.4, 0.5) is 4.39 Å². The van der Waals surface area contributed by atoms with Crippen LogP contribution in [0.5, 0.6) is 0 Å². The van der Waals surface area contributed by atoms with Crippen molar-refractivity contribution in [1.82, 2.24) is 10.3 Å². The number of hydrogen-bond acceptors (Lipinski definition) is 3. The van der Waals surface area contributed by atoms with E-state index in [9.17, 15) is 9.18 Å². The highest BCUT2D eigenvalue weighted by atomic mass is 35.5.